The van der Waals surface area contributed by atoms with Gasteiger partial charge in [0, 0.05) is 24.7 Å². The molecule has 1 heterocycles. The average molecular weight is 512 g/mol. The molecule has 0 radical (unpaired) electrons. The van der Waals surface area contributed by atoms with Crippen LogP contribution in [0.3, 0.4) is 0 Å². The number of hydrogen-bond acceptors (Lipinski definition) is 8. The number of aliphatic carboxylic acids is 2. The van der Waals surface area contributed by atoms with E-state index < -0.39 is 66.2 Å². The van der Waals surface area contributed by atoms with Crippen molar-refractivity contribution in [2.75, 3.05) is 0 Å². The van der Waals surface area contributed by atoms with E-state index in [0.29, 0.717) is 5.69 Å². The third kappa shape index (κ3) is 10.9. The van der Waals surface area contributed by atoms with Crippen LogP contribution in [0.1, 0.15) is 45.2 Å². The lowest BCUT2D eigenvalue weighted by molar-refractivity contribution is -0.142. The van der Waals surface area contributed by atoms with Gasteiger partial charge in [-0.15, -0.1) is 0 Å². The topological polar surface area (TPSA) is 260 Å². The van der Waals surface area contributed by atoms with E-state index >= 15 is 0 Å². The fraction of sp³-hybridized carbons (Fsp3) is 0.571. The van der Waals surface area contributed by atoms with Crippen molar-refractivity contribution in [2.24, 2.45) is 17.4 Å². The molecular formula is C21H33N7O8. The lowest BCUT2D eigenvalue weighted by atomic mass is 10.0. The van der Waals surface area contributed by atoms with Crippen LogP contribution in [0.15, 0.2) is 12.5 Å². The Kier molecular flexibility index (Phi) is 12.0. The van der Waals surface area contributed by atoms with Crippen LogP contribution in [0.5, 0.6) is 0 Å². The maximum atomic E-state index is 13.0. The summed E-state index contributed by atoms with van der Waals surface area (Å²) in [6.45, 7) is 3.57. The van der Waals surface area contributed by atoms with E-state index in [9.17, 15) is 33.9 Å². The predicted octanol–water partition coefficient (Wildman–Crippen LogP) is -2.40. The number of imidazole rings is 1. The Morgan fingerprint density at radius 3 is 2.06 bits per heavy atom. The highest BCUT2D eigenvalue weighted by molar-refractivity contribution is 5.95. The van der Waals surface area contributed by atoms with Crippen molar-refractivity contribution in [2.45, 2.75) is 70.1 Å². The number of nitrogens with two attached hydrogens (primary N) is 2. The van der Waals surface area contributed by atoms with E-state index in [4.69, 9.17) is 16.6 Å². The first kappa shape index (κ1) is 30.0. The SMILES string of the molecule is CC(C)CC(NC(=O)C(Cc1cnc[nH]1)NC(=O)C(CCC(N)=O)NC(=O)C(N)CC(=O)O)C(=O)O. The number of carboxylic acid groups (broad SMARTS) is 2. The zero-order chi connectivity index (χ0) is 27.4. The molecule has 0 fully saturated rings. The number of hydrogen-bond donors (Lipinski definition) is 8. The van der Waals surface area contributed by atoms with Crippen molar-refractivity contribution < 1.29 is 39.0 Å². The number of primary amides is 1. The Morgan fingerprint density at radius 1 is 0.972 bits per heavy atom. The molecule has 0 saturated carbocycles. The van der Waals surface area contributed by atoms with Crippen molar-refractivity contribution in [3.05, 3.63) is 18.2 Å². The van der Waals surface area contributed by atoms with Gasteiger partial charge in [-0.3, -0.25) is 24.0 Å². The van der Waals surface area contributed by atoms with Crippen LogP contribution < -0.4 is 27.4 Å². The van der Waals surface area contributed by atoms with Crippen LogP contribution in [-0.2, 0) is 35.2 Å². The third-order valence-corrected chi connectivity index (χ3v) is 4.98. The zero-order valence-electron chi connectivity index (χ0n) is 20.0. The molecule has 1 aromatic heterocycles. The second-order valence-electron chi connectivity index (χ2n) is 8.64. The first-order chi connectivity index (χ1) is 16.8. The number of nitrogens with one attached hydrogen (secondary N) is 4. The fourth-order valence-electron chi connectivity index (χ4n) is 3.18. The van der Waals surface area contributed by atoms with Gasteiger partial charge in [0.2, 0.25) is 23.6 Å². The van der Waals surface area contributed by atoms with Gasteiger partial charge in [-0.05, 0) is 18.8 Å². The van der Waals surface area contributed by atoms with Crippen molar-refractivity contribution in [1.82, 2.24) is 25.9 Å². The number of carbonyl (C=O) groups is 6. The molecule has 0 spiro atoms. The second kappa shape index (κ2) is 14.4. The Bertz CT molecular complexity index is 935. The summed E-state index contributed by atoms with van der Waals surface area (Å²) in [7, 11) is 0. The summed E-state index contributed by atoms with van der Waals surface area (Å²) in [5, 5.41) is 25.4. The molecular weight excluding hydrogens is 478 g/mol. The molecule has 4 amide bonds. The highest BCUT2D eigenvalue weighted by atomic mass is 16.4. The van der Waals surface area contributed by atoms with Crippen molar-refractivity contribution >= 4 is 35.6 Å². The number of aromatic amines is 1. The smallest absolute Gasteiger partial charge is 0.326 e. The van der Waals surface area contributed by atoms with Gasteiger partial charge in [0.05, 0.1) is 18.8 Å². The number of H-pyrrole nitrogens is 1. The summed E-state index contributed by atoms with van der Waals surface area (Å²) in [6.07, 6.45) is 1.55. The van der Waals surface area contributed by atoms with Crippen molar-refractivity contribution in [3.8, 4) is 0 Å². The molecule has 0 bridgehead atoms. The van der Waals surface area contributed by atoms with Crippen molar-refractivity contribution in [1.29, 1.82) is 0 Å². The summed E-state index contributed by atoms with van der Waals surface area (Å²) >= 11 is 0. The first-order valence-corrected chi connectivity index (χ1v) is 11.2. The maximum Gasteiger partial charge on any atom is 0.326 e. The molecule has 4 unspecified atom stereocenters. The fourth-order valence-corrected chi connectivity index (χ4v) is 3.18. The Hall–Kier alpha value is -4.01. The van der Waals surface area contributed by atoms with E-state index in [-0.39, 0.29) is 31.6 Å². The minimum atomic E-state index is -1.47. The Balaban J connectivity index is 3.09. The molecule has 1 rings (SSSR count). The van der Waals surface area contributed by atoms with Gasteiger partial charge in [0.15, 0.2) is 0 Å². The van der Waals surface area contributed by atoms with E-state index in [1.165, 1.54) is 12.5 Å². The second-order valence-corrected chi connectivity index (χ2v) is 8.64. The minimum absolute atomic E-state index is 0.0459. The number of carbonyl (C=O) groups excluding carboxylic acids is 4. The Morgan fingerprint density at radius 2 is 1.56 bits per heavy atom. The minimum Gasteiger partial charge on any atom is -0.481 e. The molecule has 0 saturated heterocycles. The maximum absolute atomic E-state index is 13.0. The zero-order valence-corrected chi connectivity index (χ0v) is 20.0. The van der Waals surface area contributed by atoms with Gasteiger partial charge in [-0.2, -0.15) is 0 Å². The van der Waals surface area contributed by atoms with Crippen LogP contribution in [0.4, 0.5) is 0 Å². The summed E-state index contributed by atoms with van der Waals surface area (Å²) < 4.78 is 0. The molecule has 4 atom stereocenters. The normalized spacial score (nSPS) is 14.2. The van der Waals surface area contributed by atoms with Gasteiger partial charge >= 0.3 is 11.9 Å². The molecule has 15 nitrogen and oxygen atoms in total. The van der Waals surface area contributed by atoms with Crippen LogP contribution in [0, 0.1) is 5.92 Å². The number of nitrogens with zero attached hydrogens (tertiary/aromatic N) is 1. The summed E-state index contributed by atoms with van der Waals surface area (Å²) in [5.41, 5.74) is 11.1. The largest absolute Gasteiger partial charge is 0.481 e. The summed E-state index contributed by atoms with van der Waals surface area (Å²) in [4.78, 5) is 78.6. The van der Waals surface area contributed by atoms with Gasteiger partial charge in [-0.25, -0.2) is 9.78 Å². The molecule has 36 heavy (non-hydrogen) atoms. The van der Waals surface area contributed by atoms with E-state index in [1.807, 2.05) is 0 Å². The number of carboxylic acids is 2. The number of amides is 4. The Labute approximate surface area is 206 Å². The molecule has 0 aliphatic heterocycles. The molecule has 15 heteroatoms. The molecule has 0 aliphatic carbocycles. The summed E-state index contributed by atoms with van der Waals surface area (Å²) in [5.74, 6) is -6.03. The monoisotopic (exact) mass is 511 g/mol. The summed E-state index contributed by atoms with van der Waals surface area (Å²) in [6, 6.07) is -5.35. The lowest BCUT2D eigenvalue weighted by Gasteiger charge is -2.25. The van der Waals surface area contributed by atoms with Crippen molar-refractivity contribution in [3.63, 3.8) is 0 Å². The van der Waals surface area contributed by atoms with Gasteiger partial charge in [-0.1, -0.05) is 13.8 Å². The number of rotatable bonds is 16. The highest BCUT2D eigenvalue weighted by Crippen LogP contribution is 2.08. The van der Waals surface area contributed by atoms with E-state index in [2.05, 4.69) is 25.9 Å². The molecule has 10 N–H and O–H groups in total. The molecule has 0 aromatic carbocycles. The standard InChI is InChI=1S/C21H33N7O8/c1-10(2)5-15(21(35)36)28-20(34)14(6-11-8-24-9-25-11)27-19(33)13(3-4-16(23)29)26-18(32)12(22)7-17(30)31/h8-10,12-15H,3-7,22H2,1-2H3,(H2,23,29)(H,24,25)(H,26,32)(H,27,33)(H,28,34)(H,30,31)(H,35,36). The van der Waals surface area contributed by atoms with Gasteiger partial charge in [0.25, 0.3) is 0 Å². The van der Waals surface area contributed by atoms with E-state index in [1.54, 1.807) is 13.8 Å². The lowest BCUT2D eigenvalue weighted by Crippen LogP contribution is -2.58. The van der Waals surface area contributed by atoms with Crippen LogP contribution in [0.2, 0.25) is 0 Å². The quantitative estimate of drug-likeness (QED) is 0.117. The predicted molar refractivity (Wildman–Crippen MR) is 124 cm³/mol. The van der Waals surface area contributed by atoms with Gasteiger partial charge in [0.1, 0.15) is 18.1 Å². The molecule has 1 aromatic rings. The van der Waals surface area contributed by atoms with Crippen LogP contribution in [-0.4, -0.2) is 79.9 Å². The average Bonchev–Trinajstić information content (AvgIpc) is 3.27. The van der Waals surface area contributed by atoms with Crippen LogP contribution >= 0.6 is 0 Å². The van der Waals surface area contributed by atoms with E-state index in [0.717, 1.165) is 0 Å². The van der Waals surface area contributed by atoms with Crippen LogP contribution in [0.25, 0.3) is 0 Å². The third-order valence-electron chi connectivity index (χ3n) is 4.98. The van der Waals surface area contributed by atoms with Gasteiger partial charge < -0.3 is 42.6 Å². The number of aromatic nitrogens is 2. The molecule has 0 aliphatic rings. The molecule has 200 valence electrons. The first-order valence-electron chi connectivity index (χ1n) is 11.2. The highest BCUT2D eigenvalue weighted by Gasteiger charge is 2.31.